The highest BCUT2D eigenvalue weighted by molar-refractivity contribution is 5.20. The van der Waals surface area contributed by atoms with Crippen LogP contribution in [0.1, 0.15) is 37.8 Å². The molecule has 1 saturated carbocycles. The monoisotopic (exact) mass is 244 g/mol. The summed E-state index contributed by atoms with van der Waals surface area (Å²) in [5.41, 5.74) is 1.10. The summed E-state index contributed by atoms with van der Waals surface area (Å²) >= 11 is 0. The van der Waals surface area contributed by atoms with E-state index in [2.05, 4.69) is 18.3 Å². The maximum Gasteiger partial charge on any atom is 0.101 e. The number of nitriles is 1. The molecule has 0 aromatic heterocycles. The Labute approximate surface area is 108 Å². The molecule has 1 fully saturated rings. The van der Waals surface area contributed by atoms with Gasteiger partial charge in [0.15, 0.2) is 0 Å². The lowest BCUT2D eigenvalue weighted by molar-refractivity contribution is 0.108. The summed E-state index contributed by atoms with van der Waals surface area (Å²) in [5, 5.41) is 22.1. The smallest absolute Gasteiger partial charge is 0.101 e. The first-order valence-corrected chi connectivity index (χ1v) is 6.51. The van der Waals surface area contributed by atoms with Crippen molar-refractivity contribution in [3.05, 3.63) is 35.9 Å². The molecular weight excluding hydrogens is 224 g/mol. The lowest BCUT2D eigenvalue weighted by Crippen LogP contribution is -2.48. The van der Waals surface area contributed by atoms with Crippen LogP contribution in [0.3, 0.4) is 0 Å². The zero-order valence-corrected chi connectivity index (χ0v) is 10.8. The van der Waals surface area contributed by atoms with Crippen LogP contribution < -0.4 is 5.32 Å². The summed E-state index contributed by atoms with van der Waals surface area (Å²) in [6.45, 7) is 2.16. The third-order valence-corrected chi connectivity index (χ3v) is 4.07. The fraction of sp³-hybridized carbons (Fsp3) is 0.533. The van der Waals surface area contributed by atoms with Crippen molar-refractivity contribution in [3.63, 3.8) is 0 Å². The van der Waals surface area contributed by atoms with Crippen LogP contribution in [-0.4, -0.2) is 17.8 Å². The van der Waals surface area contributed by atoms with E-state index in [0.717, 1.165) is 18.4 Å². The second-order valence-electron chi connectivity index (χ2n) is 5.38. The Kier molecular flexibility index (Phi) is 4.00. The molecule has 0 spiro atoms. The predicted octanol–water partition coefficient (Wildman–Crippen LogP) is 2.39. The first kappa shape index (κ1) is 13.1. The van der Waals surface area contributed by atoms with E-state index in [1.165, 1.54) is 6.42 Å². The molecule has 2 rings (SSSR count). The third-order valence-electron chi connectivity index (χ3n) is 4.07. The van der Waals surface area contributed by atoms with Crippen LogP contribution in [-0.2, 0) is 0 Å². The largest absolute Gasteiger partial charge is 0.394 e. The van der Waals surface area contributed by atoms with Crippen molar-refractivity contribution in [1.82, 2.24) is 5.32 Å². The van der Waals surface area contributed by atoms with Gasteiger partial charge in [0.2, 0.25) is 0 Å². The molecule has 3 nitrogen and oxygen atoms in total. The lowest BCUT2D eigenvalue weighted by atomic mass is 9.65. The third kappa shape index (κ3) is 2.55. The maximum atomic E-state index is 9.51. The fourth-order valence-electron chi connectivity index (χ4n) is 2.56. The number of hydrogen-bond donors (Lipinski definition) is 2. The molecule has 1 aromatic carbocycles. The van der Waals surface area contributed by atoms with E-state index in [-0.39, 0.29) is 24.1 Å². The SMILES string of the molecule is CC1(C(C#N)NC(CO)c2ccccc2)CCC1. The molecule has 3 heteroatoms. The first-order valence-electron chi connectivity index (χ1n) is 6.51. The Morgan fingerprint density at radius 3 is 2.50 bits per heavy atom. The molecule has 1 aromatic rings. The molecule has 1 aliphatic carbocycles. The Morgan fingerprint density at radius 1 is 1.39 bits per heavy atom. The highest BCUT2D eigenvalue weighted by Crippen LogP contribution is 2.43. The quantitative estimate of drug-likeness (QED) is 0.836. The Hall–Kier alpha value is -1.37. The average molecular weight is 244 g/mol. The van der Waals surface area contributed by atoms with Crippen LogP contribution in [0.2, 0.25) is 0 Å². The van der Waals surface area contributed by atoms with Crippen LogP contribution in [0.15, 0.2) is 30.3 Å². The van der Waals surface area contributed by atoms with Gasteiger partial charge in [-0.1, -0.05) is 43.7 Å². The topological polar surface area (TPSA) is 56.0 Å². The highest BCUT2D eigenvalue weighted by Gasteiger charge is 2.40. The minimum atomic E-state index is -0.191. The van der Waals surface area contributed by atoms with Crippen LogP contribution in [0.4, 0.5) is 0 Å². The van der Waals surface area contributed by atoms with Gasteiger partial charge in [0.25, 0.3) is 0 Å². The number of hydrogen-bond acceptors (Lipinski definition) is 3. The zero-order chi connectivity index (χ0) is 13.0. The number of rotatable bonds is 5. The molecule has 0 bridgehead atoms. The normalized spacial score (nSPS) is 20.5. The minimum absolute atomic E-state index is 0.0122. The van der Waals surface area contributed by atoms with Gasteiger partial charge in [-0.2, -0.15) is 5.26 Å². The van der Waals surface area contributed by atoms with Crippen LogP contribution >= 0.6 is 0 Å². The van der Waals surface area contributed by atoms with Gasteiger partial charge in [-0.05, 0) is 23.8 Å². The lowest BCUT2D eigenvalue weighted by Gasteiger charge is -2.43. The first-order chi connectivity index (χ1) is 8.69. The molecule has 0 aliphatic heterocycles. The summed E-state index contributed by atoms with van der Waals surface area (Å²) in [5.74, 6) is 0. The van der Waals surface area contributed by atoms with Crippen molar-refractivity contribution < 1.29 is 5.11 Å². The number of aliphatic hydroxyl groups excluding tert-OH is 1. The van der Waals surface area contributed by atoms with E-state index < -0.39 is 0 Å². The van der Waals surface area contributed by atoms with Crippen LogP contribution in [0.5, 0.6) is 0 Å². The maximum absolute atomic E-state index is 9.51. The molecule has 18 heavy (non-hydrogen) atoms. The summed E-state index contributed by atoms with van der Waals surface area (Å²) in [6, 6.07) is 11.8. The molecule has 0 amide bonds. The van der Waals surface area contributed by atoms with Gasteiger partial charge in [-0.25, -0.2) is 0 Å². The van der Waals surface area contributed by atoms with E-state index >= 15 is 0 Å². The summed E-state index contributed by atoms with van der Waals surface area (Å²) in [6.07, 6.45) is 3.38. The number of nitrogens with zero attached hydrogens (tertiary/aromatic N) is 1. The summed E-state index contributed by atoms with van der Waals surface area (Å²) < 4.78 is 0. The Balaban J connectivity index is 2.08. The van der Waals surface area contributed by atoms with Crippen LogP contribution in [0.25, 0.3) is 0 Å². The van der Waals surface area contributed by atoms with E-state index in [0.29, 0.717) is 0 Å². The van der Waals surface area contributed by atoms with Crippen molar-refractivity contribution in [1.29, 1.82) is 5.26 Å². The fourth-order valence-corrected chi connectivity index (χ4v) is 2.56. The zero-order valence-electron chi connectivity index (χ0n) is 10.8. The Bertz CT molecular complexity index is 420. The molecule has 2 N–H and O–H groups in total. The highest BCUT2D eigenvalue weighted by atomic mass is 16.3. The molecule has 0 radical (unpaired) electrons. The second-order valence-corrected chi connectivity index (χ2v) is 5.38. The van der Waals surface area contributed by atoms with Gasteiger partial charge in [-0.3, -0.25) is 5.32 Å². The van der Waals surface area contributed by atoms with Crippen molar-refractivity contribution in [2.45, 2.75) is 38.3 Å². The van der Waals surface area contributed by atoms with Gasteiger partial charge in [0.1, 0.15) is 6.04 Å². The van der Waals surface area contributed by atoms with E-state index in [4.69, 9.17) is 0 Å². The molecule has 0 heterocycles. The molecular formula is C15H20N2O. The Morgan fingerprint density at radius 2 is 2.06 bits per heavy atom. The van der Waals surface area contributed by atoms with Gasteiger partial charge in [-0.15, -0.1) is 0 Å². The minimum Gasteiger partial charge on any atom is -0.394 e. The van der Waals surface area contributed by atoms with Gasteiger partial charge < -0.3 is 5.11 Å². The van der Waals surface area contributed by atoms with E-state index in [9.17, 15) is 10.4 Å². The van der Waals surface area contributed by atoms with Gasteiger partial charge >= 0.3 is 0 Å². The number of nitrogens with one attached hydrogen (secondary N) is 1. The number of aliphatic hydroxyl groups is 1. The molecule has 2 unspecified atom stereocenters. The summed E-state index contributed by atoms with van der Waals surface area (Å²) in [7, 11) is 0. The van der Waals surface area contributed by atoms with Crippen molar-refractivity contribution >= 4 is 0 Å². The number of benzene rings is 1. The predicted molar refractivity (Wildman–Crippen MR) is 70.8 cm³/mol. The second kappa shape index (κ2) is 5.51. The van der Waals surface area contributed by atoms with Gasteiger partial charge in [0.05, 0.1) is 18.7 Å². The average Bonchev–Trinajstić information content (AvgIpc) is 2.38. The molecule has 96 valence electrons. The van der Waals surface area contributed by atoms with Gasteiger partial charge in [0, 0.05) is 0 Å². The van der Waals surface area contributed by atoms with Crippen molar-refractivity contribution in [3.8, 4) is 6.07 Å². The summed E-state index contributed by atoms with van der Waals surface area (Å²) in [4.78, 5) is 0. The van der Waals surface area contributed by atoms with E-state index in [1.54, 1.807) is 0 Å². The molecule has 1 aliphatic rings. The van der Waals surface area contributed by atoms with Crippen LogP contribution in [0, 0.1) is 16.7 Å². The van der Waals surface area contributed by atoms with Crippen molar-refractivity contribution in [2.24, 2.45) is 5.41 Å². The molecule has 2 atom stereocenters. The van der Waals surface area contributed by atoms with E-state index in [1.807, 2.05) is 30.3 Å². The van der Waals surface area contributed by atoms with Crippen molar-refractivity contribution in [2.75, 3.05) is 6.61 Å². The molecule has 0 saturated heterocycles. The standard InChI is InChI=1S/C15H20N2O/c1-15(8-5-9-15)14(10-16)17-13(11-18)12-6-3-2-4-7-12/h2-4,6-7,13-14,17-18H,5,8-9,11H2,1H3.